The van der Waals surface area contributed by atoms with Crippen LogP contribution in [0.3, 0.4) is 0 Å². The van der Waals surface area contributed by atoms with Gasteiger partial charge >= 0.3 is 0 Å². The Morgan fingerprint density at radius 1 is 1.00 bits per heavy atom. The summed E-state index contributed by atoms with van der Waals surface area (Å²) in [6.07, 6.45) is 0. The molecule has 0 aliphatic carbocycles. The largest absolute Gasteiger partial charge is 0.508 e. The van der Waals surface area contributed by atoms with Gasteiger partial charge in [-0.15, -0.1) is 0 Å². The lowest BCUT2D eigenvalue weighted by Gasteiger charge is -2.25. The Hall–Kier alpha value is -1.94. The fourth-order valence-electron chi connectivity index (χ4n) is 1.82. The van der Waals surface area contributed by atoms with Gasteiger partial charge in [0.15, 0.2) is 11.6 Å². The molecule has 0 saturated carbocycles. The van der Waals surface area contributed by atoms with Crippen LogP contribution in [0.2, 0.25) is 0 Å². The van der Waals surface area contributed by atoms with Gasteiger partial charge in [0.2, 0.25) is 0 Å². The molecule has 0 spiro atoms. The molecule has 18 heavy (non-hydrogen) atoms. The summed E-state index contributed by atoms with van der Waals surface area (Å²) < 4.78 is 26.8. The van der Waals surface area contributed by atoms with Crippen LogP contribution >= 0.6 is 0 Å². The van der Waals surface area contributed by atoms with Gasteiger partial charge in [0.25, 0.3) is 0 Å². The Balaban J connectivity index is 2.54. The van der Waals surface area contributed by atoms with Gasteiger partial charge < -0.3 is 10.2 Å². The highest BCUT2D eigenvalue weighted by Crippen LogP contribution is 2.32. The molecule has 0 bridgehead atoms. The highest BCUT2D eigenvalue weighted by atomic mass is 19.2. The van der Waals surface area contributed by atoms with Gasteiger partial charge in [-0.3, -0.25) is 0 Å². The fraction of sp³-hybridized carbons (Fsp3) is 0.143. The van der Waals surface area contributed by atoms with Crippen LogP contribution in [0.4, 0.5) is 8.78 Å². The lowest BCUT2D eigenvalue weighted by atomic mass is 9.88. The predicted octanol–water partition coefficient (Wildman–Crippen LogP) is 2.93. The van der Waals surface area contributed by atoms with E-state index in [4.69, 9.17) is 0 Å². The zero-order chi connectivity index (χ0) is 13.3. The molecule has 2 N–H and O–H groups in total. The zero-order valence-corrected chi connectivity index (χ0v) is 9.69. The van der Waals surface area contributed by atoms with E-state index in [9.17, 15) is 19.0 Å². The Morgan fingerprint density at radius 3 is 2.22 bits per heavy atom. The summed E-state index contributed by atoms with van der Waals surface area (Å²) in [7, 11) is 0. The third-order valence-corrected chi connectivity index (χ3v) is 2.91. The molecule has 0 radical (unpaired) electrons. The summed E-state index contributed by atoms with van der Waals surface area (Å²) in [4.78, 5) is 0. The molecule has 0 saturated heterocycles. The summed E-state index contributed by atoms with van der Waals surface area (Å²) in [5.41, 5.74) is -1.45. The standard InChI is InChI=1S/C14H12F2O2/c1-14(18,9-5-7-10(17)8-6-9)11-3-2-4-12(15)13(11)16/h2-8,17-18H,1H3. The molecule has 4 heteroatoms. The van der Waals surface area contributed by atoms with Gasteiger partial charge in [0.1, 0.15) is 11.4 Å². The van der Waals surface area contributed by atoms with Crippen molar-refractivity contribution in [3.63, 3.8) is 0 Å². The fourth-order valence-corrected chi connectivity index (χ4v) is 1.82. The molecule has 0 aromatic heterocycles. The molecule has 2 rings (SSSR count). The van der Waals surface area contributed by atoms with Crippen molar-refractivity contribution in [1.82, 2.24) is 0 Å². The minimum atomic E-state index is -1.67. The van der Waals surface area contributed by atoms with Crippen molar-refractivity contribution in [3.05, 3.63) is 65.2 Å². The Labute approximate surface area is 103 Å². The third kappa shape index (κ3) is 2.07. The minimum Gasteiger partial charge on any atom is -0.508 e. The van der Waals surface area contributed by atoms with Gasteiger partial charge in [-0.1, -0.05) is 24.3 Å². The smallest absolute Gasteiger partial charge is 0.165 e. The van der Waals surface area contributed by atoms with E-state index >= 15 is 0 Å². The van der Waals surface area contributed by atoms with Gasteiger partial charge in [-0.2, -0.15) is 0 Å². The number of phenolic OH excluding ortho intramolecular Hbond substituents is 1. The first-order valence-electron chi connectivity index (χ1n) is 5.39. The molecule has 2 nitrogen and oxygen atoms in total. The first kappa shape index (κ1) is 12.5. The van der Waals surface area contributed by atoms with Gasteiger partial charge in [0.05, 0.1) is 0 Å². The average molecular weight is 250 g/mol. The molecule has 1 atom stereocenters. The normalized spacial score (nSPS) is 14.2. The molecule has 2 aromatic rings. The summed E-state index contributed by atoms with van der Waals surface area (Å²) in [5, 5.41) is 19.5. The van der Waals surface area contributed by atoms with Crippen molar-refractivity contribution in [3.8, 4) is 5.75 Å². The molecule has 2 aromatic carbocycles. The van der Waals surface area contributed by atoms with Crippen LogP contribution in [0.25, 0.3) is 0 Å². The van der Waals surface area contributed by atoms with Crippen LogP contribution < -0.4 is 0 Å². The number of benzene rings is 2. The summed E-state index contributed by atoms with van der Waals surface area (Å²) in [6.45, 7) is 1.37. The summed E-state index contributed by atoms with van der Waals surface area (Å²) in [5.74, 6) is -2.05. The summed E-state index contributed by atoms with van der Waals surface area (Å²) in [6, 6.07) is 9.32. The quantitative estimate of drug-likeness (QED) is 0.860. The molecule has 0 fully saturated rings. The average Bonchev–Trinajstić information content (AvgIpc) is 2.33. The van der Waals surface area contributed by atoms with E-state index in [1.807, 2.05) is 0 Å². The SMILES string of the molecule is CC(O)(c1ccc(O)cc1)c1cccc(F)c1F. The third-order valence-electron chi connectivity index (χ3n) is 2.91. The van der Waals surface area contributed by atoms with E-state index < -0.39 is 17.2 Å². The number of aromatic hydroxyl groups is 1. The Bertz CT molecular complexity index is 563. The van der Waals surface area contributed by atoms with Gasteiger partial charge in [-0.05, 0) is 30.7 Å². The maximum Gasteiger partial charge on any atom is 0.165 e. The first-order valence-corrected chi connectivity index (χ1v) is 5.39. The molecule has 0 heterocycles. The van der Waals surface area contributed by atoms with Crippen LogP contribution in [-0.2, 0) is 5.60 Å². The van der Waals surface area contributed by atoms with Gasteiger partial charge in [-0.25, -0.2) is 8.78 Å². The molecule has 1 unspecified atom stereocenters. The second-order valence-electron chi connectivity index (χ2n) is 4.22. The van der Waals surface area contributed by atoms with Crippen molar-refractivity contribution >= 4 is 0 Å². The van der Waals surface area contributed by atoms with E-state index in [1.54, 1.807) is 0 Å². The van der Waals surface area contributed by atoms with Crippen molar-refractivity contribution in [1.29, 1.82) is 0 Å². The van der Waals surface area contributed by atoms with Crippen molar-refractivity contribution < 1.29 is 19.0 Å². The monoisotopic (exact) mass is 250 g/mol. The lowest BCUT2D eigenvalue weighted by molar-refractivity contribution is 0.0970. The minimum absolute atomic E-state index is 0.0364. The second-order valence-corrected chi connectivity index (χ2v) is 4.22. The molecule has 94 valence electrons. The van der Waals surface area contributed by atoms with Crippen LogP contribution in [0, 0.1) is 11.6 Å². The predicted molar refractivity (Wildman–Crippen MR) is 63.1 cm³/mol. The topological polar surface area (TPSA) is 40.5 Å². The van der Waals surface area contributed by atoms with Crippen molar-refractivity contribution in [2.45, 2.75) is 12.5 Å². The number of halogens is 2. The van der Waals surface area contributed by atoms with Crippen LogP contribution in [0.15, 0.2) is 42.5 Å². The van der Waals surface area contributed by atoms with E-state index in [-0.39, 0.29) is 11.3 Å². The number of aliphatic hydroxyl groups is 1. The number of hydrogen-bond donors (Lipinski definition) is 2. The van der Waals surface area contributed by atoms with Crippen molar-refractivity contribution in [2.24, 2.45) is 0 Å². The van der Waals surface area contributed by atoms with Gasteiger partial charge in [0, 0.05) is 5.56 Å². The molecular weight excluding hydrogens is 238 g/mol. The maximum atomic E-state index is 13.7. The zero-order valence-electron chi connectivity index (χ0n) is 9.69. The second kappa shape index (κ2) is 4.38. The Morgan fingerprint density at radius 2 is 1.61 bits per heavy atom. The molecular formula is C14H12F2O2. The van der Waals surface area contributed by atoms with Crippen LogP contribution in [-0.4, -0.2) is 10.2 Å². The number of rotatable bonds is 2. The Kier molecular flexibility index (Phi) is 3.05. The molecule has 0 amide bonds. The summed E-state index contributed by atoms with van der Waals surface area (Å²) >= 11 is 0. The van der Waals surface area contributed by atoms with Crippen molar-refractivity contribution in [2.75, 3.05) is 0 Å². The van der Waals surface area contributed by atoms with Crippen LogP contribution in [0.5, 0.6) is 5.75 Å². The van der Waals surface area contributed by atoms with E-state index in [2.05, 4.69) is 0 Å². The maximum absolute atomic E-state index is 13.7. The lowest BCUT2D eigenvalue weighted by Crippen LogP contribution is -2.24. The van der Waals surface area contributed by atoms with E-state index in [1.165, 1.54) is 43.3 Å². The van der Waals surface area contributed by atoms with Crippen LogP contribution in [0.1, 0.15) is 18.1 Å². The number of phenols is 1. The first-order chi connectivity index (χ1) is 8.43. The highest BCUT2D eigenvalue weighted by Gasteiger charge is 2.29. The molecule has 0 aliphatic rings. The number of hydrogen-bond acceptors (Lipinski definition) is 2. The highest BCUT2D eigenvalue weighted by molar-refractivity contribution is 5.38. The molecule has 0 aliphatic heterocycles. The van der Waals surface area contributed by atoms with E-state index in [0.717, 1.165) is 6.07 Å². The van der Waals surface area contributed by atoms with E-state index in [0.29, 0.717) is 5.56 Å².